The molecule has 0 aliphatic carbocycles. The first-order chi connectivity index (χ1) is 12.1. The van der Waals surface area contributed by atoms with Crippen LogP contribution < -0.4 is 5.32 Å². The molecule has 0 saturated carbocycles. The van der Waals surface area contributed by atoms with Crippen LogP contribution >= 0.6 is 0 Å². The lowest BCUT2D eigenvalue weighted by Gasteiger charge is -2.33. The maximum Gasteiger partial charge on any atom is 0.311 e. The molecular weight excluding hydrogens is 322 g/mol. The predicted octanol–water partition coefficient (Wildman–Crippen LogP) is 1.75. The average Bonchev–Trinajstić information content (AvgIpc) is 2.67. The second-order valence-electron chi connectivity index (χ2n) is 6.03. The highest BCUT2D eigenvalue weighted by Crippen LogP contribution is 2.30. The van der Waals surface area contributed by atoms with Crippen molar-refractivity contribution in [3.63, 3.8) is 0 Å². The van der Waals surface area contributed by atoms with Crippen molar-refractivity contribution in [2.24, 2.45) is 5.41 Å². The Morgan fingerprint density at radius 1 is 1.20 bits per heavy atom. The fraction of sp³-hybridized carbons (Fsp3) is 0.333. The monoisotopic (exact) mass is 341 g/mol. The van der Waals surface area contributed by atoms with Gasteiger partial charge < -0.3 is 15.2 Å². The van der Waals surface area contributed by atoms with Gasteiger partial charge in [0.05, 0.1) is 16.7 Å². The summed E-state index contributed by atoms with van der Waals surface area (Å²) in [7, 11) is 0. The molecule has 0 atom stereocenters. The van der Waals surface area contributed by atoms with Crippen molar-refractivity contribution in [2.75, 3.05) is 19.8 Å². The first kappa shape index (κ1) is 17.0. The predicted molar refractivity (Wildman–Crippen MR) is 89.9 cm³/mol. The van der Waals surface area contributed by atoms with Crippen LogP contribution in [-0.4, -0.2) is 46.7 Å². The molecule has 3 rings (SSSR count). The molecule has 2 N–H and O–H groups in total. The van der Waals surface area contributed by atoms with Crippen molar-refractivity contribution in [3.8, 4) is 11.3 Å². The number of hydrogen-bond donors (Lipinski definition) is 2. The normalized spacial score (nSPS) is 16.2. The summed E-state index contributed by atoms with van der Waals surface area (Å²) < 4.78 is 5.25. The fourth-order valence-corrected chi connectivity index (χ4v) is 2.89. The van der Waals surface area contributed by atoms with E-state index in [1.54, 1.807) is 0 Å². The summed E-state index contributed by atoms with van der Waals surface area (Å²) in [5.41, 5.74) is 0.649. The van der Waals surface area contributed by atoms with Crippen LogP contribution in [0.15, 0.2) is 42.9 Å². The van der Waals surface area contributed by atoms with E-state index in [-0.39, 0.29) is 12.5 Å². The number of nitrogens with zero attached hydrogens (tertiary/aromatic N) is 2. The van der Waals surface area contributed by atoms with Crippen LogP contribution in [-0.2, 0) is 9.53 Å². The van der Waals surface area contributed by atoms with E-state index in [0.717, 1.165) is 5.56 Å². The smallest absolute Gasteiger partial charge is 0.311 e. The SMILES string of the molecule is O=C(NCC1(C(=O)O)CCOCC1)c1cncnc1-c1ccccc1. The molecule has 0 bridgehead atoms. The van der Waals surface area contributed by atoms with Crippen molar-refractivity contribution < 1.29 is 19.4 Å². The number of carboxylic acid groups (broad SMARTS) is 1. The molecule has 1 aromatic heterocycles. The van der Waals surface area contributed by atoms with E-state index in [4.69, 9.17) is 4.74 Å². The van der Waals surface area contributed by atoms with Crippen LogP contribution in [0.3, 0.4) is 0 Å². The standard InChI is InChI=1S/C18H19N3O4/c22-16(20-11-18(17(23)24)6-8-25-9-7-18)14-10-19-12-21-15(14)13-4-2-1-3-5-13/h1-5,10,12H,6-9,11H2,(H,20,22)(H,23,24). The van der Waals surface area contributed by atoms with Crippen LogP contribution in [0, 0.1) is 5.41 Å². The minimum absolute atomic E-state index is 0.0493. The number of rotatable bonds is 5. The molecule has 1 fully saturated rings. The maximum absolute atomic E-state index is 12.6. The molecule has 25 heavy (non-hydrogen) atoms. The zero-order valence-corrected chi connectivity index (χ0v) is 13.6. The Bertz CT molecular complexity index is 758. The Morgan fingerprint density at radius 3 is 2.60 bits per heavy atom. The molecule has 0 unspecified atom stereocenters. The largest absolute Gasteiger partial charge is 0.481 e. The fourth-order valence-electron chi connectivity index (χ4n) is 2.89. The molecular formula is C18H19N3O4. The molecule has 2 heterocycles. The van der Waals surface area contributed by atoms with Gasteiger partial charge >= 0.3 is 5.97 Å². The van der Waals surface area contributed by atoms with E-state index in [0.29, 0.717) is 37.3 Å². The van der Waals surface area contributed by atoms with Gasteiger partial charge in [0, 0.05) is 31.5 Å². The van der Waals surface area contributed by atoms with Crippen molar-refractivity contribution in [3.05, 3.63) is 48.4 Å². The Labute approximate surface area is 145 Å². The van der Waals surface area contributed by atoms with Gasteiger partial charge in [-0.1, -0.05) is 30.3 Å². The van der Waals surface area contributed by atoms with E-state index < -0.39 is 11.4 Å². The number of benzene rings is 1. The maximum atomic E-state index is 12.6. The topological polar surface area (TPSA) is 101 Å². The summed E-state index contributed by atoms with van der Waals surface area (Å²) in [5, 5.41) is 12.3. The molecule has 130 valence electrons. The van der Waals surface area contributed by atoms with Crippen LogP contribution in [0.4, 0.5) is 0 Å². The second kappa shape index (κ2) is 7.40. The van der Waals surface area contributed by atoms with Gasteiger partial charge in [-0.05, 0) is 12.8 Å². The number of aliphatic carboxylic acids is 1. The quantitative estimate of drug-likeness (QED) is 0.859. The van der Waals surface area contributed by atoms with Crippen molar-refractivity contribution >= 4 is 11.9 Å². The van der Waals surface area contributed by atoms with Gasteiger partial charge in [-0.25, -0.2) is 9.97 Å². The summed E-state index contributed by atoms with van der Waals surface area (Å²) in [4.78, 5) is 32.5. The summed E-state index contributed by atoms with van der Waals surface area (Å²) in [5.74, 6) is -1.30. The number of carbonyl (C=O) groups excluding carboxylic acids is 1. The average molecular weight is 341 g/mol. The van der Waals surface area contributed by atoms with Crippen LogP contribution in [0.25, 0.3) is 11.3 Å². The van der Waals surface area contributed by atoms with Gasteiger partial charge in [0.2, 0.25) is 0 Å². The molecule has 1 aliphatic heterocycles. The Morgan fingerprint density at radius 2 is 1.92 bits per heavy atom. The first-order valence-corrected chi connectivity index (χ1v) is 8.07. The highest BCUT2D eigenvalue weighted by Gasteiger charge is 2.40. The van der Waals surface area contributed by atoms with E-state index in [9.17, 15) is 14.7 Å². The van der Waals surface area contributed by atoms with Gasteiger partial charge in [-0.2, -0.15) is 0 Å². The van der Waals surface area contributed by atoms with E-state index in [1.165, 1.54) is 12.5 Å². The molecule has 0 spiro atoms. The van der Waals surface area contributed by atoms with Crippen molar-refractivity contribution in [1.82, 2.24) is 15.3 Å². The number of ether oxygens (including phenoxy) is 1. The van der Waals surface area contributed by atoms with Crippen molar-refractivity contribution in [2.45, 2.75) is 12.8 Å². The molecule has 1 amide bonds. The van der Waals surface area contributed by atoms with E-state index in [1.807, 2.05) is 30.3 Å². The lowest BCUT2D eigenvalue weighted by Crippen LogP contribution is -2.46. The van der Waals surface area contributed by atoms with Gasteiger partial charge in [0.25, 0.3) is 5.91 Å². The highest BCUT2D eigenvalue weighted by atomic mass is 16.5. The number of aromatic nitrogens is 2. The minimum Gasteiger partial charge on any atom is -0.481 e. The van der Waals surface area contributed by atoms with Gasteiger partial charge in [0.1, 0.15) is 6.33 Å². The third-order valence-corrected chi connectivity index (χ3v) is 4.50. The van der Waals surface area contributed by atoms with Crippen LogP contribution in [0.5, 0.6) is 0 Å². The summed E-state index contributed by atoms with van der Waals surface area (Å²) in [6, 6.07) is 9.32. The zero-order valence-electron chi connectivity index (χ0n) is 13.6. The molecule has 7 heteroatoms. The molecule has 2 aromatic rings. The lowest BCUT2D eigenvalue weighted by atomic mass is 9.80. The molecule has 1 aliphatic rings. The van der Waals surface area contributed by atoms with Gasteiger partial charge in [-0.15, -0.1) is 0 Å². The third-order valence-electron chi connectivity index (χ3n) is 4.50. The molecule has 0 radical (unpaired) electrons. The summed E-state index contributed by atoms with van der Waals surface area (Å²) in [6.45, 7) is 0.811. The van der Waals surface area contributed by atoms with Crippen LogP contribution in [0.1, 0.15) is 23.2 Å². The van der Waals surface area contributed by atoms with E-state index >= 15 is 0 Å². The number of amides is 1. The van der Waals surface area contributed by atoms with Gasteiger partial charge in [0.15, 0.2) is 0 Å². The highest BCUT2D eigenvalue weighted by molar-refractivity contribution is 5.99. The molecule has 7 nitrogen and oxygen atoms in total. The van der Waals surface area contributed by atoms with Crippen LogP contribution in [0.2, 0.25) is 0 Å². The first-order valence-electron chi connectivity index (χ1n) is 8.07. The molecule has 1 aromatic carbocycles. The van der Waals surface area contributed by atoms with Gasteiger partial charge in [-0.3, -0.25) is 9.59 Å². The minimum atomic E-state index is -0.990. The zero-order chi connectivity index (χ0) is 17.7. The molecule has 1 saturated heterocycles. The Hall–Kier alpha value is -2.80. The second-order valence-corrected chi connectivity index (χ2v) is 6.03. The number of hydrogen-bond acceptors (Lipinski definition) is 5. The summed E-state index contributed by atoms with van der Waals surface area (Å²) in [6.07, 6.45) is 3.58. The lowest BCUT2D eigenvalue weighted by molar-refractivity contribution is -0.154. The third kappa shape index (κ3) is 3.66. The van der Waals surface area contributed by atoms with Crippen molar-refractivity contribution in [1.29, 1.82) is 0 Å². The van der Waals surface area contributed by atoms with E-state index in [2.05, 4.69) is 15.3 Å². The number of nitrogens with one attached hydrogen (secondary N) is 1. The number of carboxylic acids is 1. The Balaban J connectivity index is 1.79. The summed E-state index contributed by atoms with van der Waals surface area (Å²) >= 11 is 0. The number of carbonyl (C=O) groups is 2. The Kier molecular flexibility index (Phi) is 5.04.